The summed E-state index contributed by atoms with van der Waals surface area (Å²) in [5, 5.41) is 9.74. The second-order valence-electron chi connectivity index (χ2n) is 8.20. The van der Waals surface area contributed by atoms with Gasteiger partial charge in [-0.15, -0.1) is 25.6 Å². The Morgan fingerprint density at radius 1 is 1.11 bits per heavy atom. The van der Waals surface area contributed by atoms with Crippen molar-refractivity contribution < 1.29 is 27.5 Å². The highest BCUT2D eigenvalue weighted by Crippen LogP contribution is 2.32. The minimum atomic E-state index is -4.87. The van der Waals surface area contributed by atoms with Gasteiger partial charge in [0, 0.05) is 51.2 Å². The van der Waals surface area contributed by atoms with Crippen molar-refractivity contribution in [3.05, 3.63) is 41.7 Å². The third-order valence-corrected chi connectivity index (χ3v) is 5.62. The van der Waals surface area contributed by atoms with Crippen LogP contribution in [-0.4, -0.2) is 71.2 Å². The molecule has 2 aromatic heterocycles. The number of ether oxygens (including phenoxy) is 1. The number of imide groups is 1. The topological polar surface area (TPSA) is 105 Å². The molecule has 0 radical (unpaired) electrons. The van der Waals surface area contributed by atoms with Crippen molar-refractivity contribution >= 4 is 46.8 Å². The van der Waals surface area contributed by atoms with Crippen LogP contribution in [0.5, 0.6) is 5.75 Å². The van der Waals surface area contributed by atoms with Crippen molar-refractivity contribution in [1.82, 2.24) is 25.0 Å². The molecule has 1 fully saturated rings. The smallest absolute Gasteiger partial charge is 0.406 e. The van der Waals surface area contributed by atoms with E-state index in [2.05, 4.69) is 35.3 Å². The summed E-state index contributed by atoms with van der Waals surface area (Å²) < 4.78 is 42.9. The predicted octanol–water partition coefficient (Wildman–Crippen LogP) is 3.31. The van der Waals surface area contributed by atoms with Crippen LogP contribution in [-0.2, 0) is 7.05 Å². The van der Waals surface area contributed by atoms with E-state index in [4.69, 9.17) is 0 Å². The summed E-state index contributed by atoms with van der Waals surface area (Å²) in [5.41, 5.74) is 2.17. The van der Waals surface area contributed by atoms with Gasteiger partial charge in [-0.1, -0.05) is 6.07 Å². The van der Waals surface area contributed by atoms with E-state index in [1.165, 1.54) is 18.3 Å². The van der Waals surface area contributed by atoms with Gasteiger partial charge in [-0.25, -0.2) is 9.78 Å². The molecule has 3 aromatic rings. The number of anilines is 2. The number of piperazine rings is 1. The van der Waals surface area contributed by atoms with Crippen LogP contribution in [0, 0.1) is 6.92 Å². The number of carbonyl (C=O) groups is 2. The summed E-state index contributed by atoms with van der Waals surface area (Å²) in [6, 6.07) is 3.84. The van der Waals surface area contributed by atoms with Crippen LogP contribution in [0.2, 0.25) is 0 Å². The van der Waals surface area contributed by atoms with E-state index in [0.29, 0.717) is 30.1 Å². The highest BCUT2D eigenvalue weighted by Gasteiger charge is 2.31. The molecule has 0 spiro atoms. The number of aryl methyl sites for hydroxylation is 2. The lowest BCUT2D eigenvalue weighted by atomic mass is 10.1. The van der Waals surface area contributed by atoms with Gasteiger partial charge in [-0.2, -0.15) is 5.10 Å². The molecule has 0 saturated carbocycles. The van der Waals surface area contributed by atoms with Crippen LogP contribution >= 0.6 is 12.4 Å². The Kier molecular flexibility index (Phi) is 7.94. The summed E-state index contributed by atoms with van der Waals surface area (Å²) in [4.78, 5) is 34.3. The van der Waals surface area contributed by atoms with Crippen LogP contribution in [0.3, 0.4) is 0 Å². The highest BCUT2D eigenvalue weighted by molar-refractivity contribution is 6.13. The number of pyridine rings is 1. The second-order valence-corrected chi connectivity index (χ2v) is 8.20. The number of urea groups is 1. The summed E-state index contributed by atoms with van der Waals surface area (Å²) in [7, 11) is 3.78. The first-order valence-corrected chi connectivity index (χ1v) is 10.8. The zero-order chi connectivity index (χ0) is 25.3. The quantitative estimate of drug-likeness (QED) is 0.536. The number of hydrogen-bond donors (Lipinski definition) is 2. The molecule has 194 valence electrons. The third kappa shape index (κ3) is 5.97. The Morgan fingerprint density at radius 3 is 2.47 bits per heavy atom. The first-order chi connectivity index (χ1) is 16.5. The molecule has 1 aliphatic rings. The average Bonchev–Trinajstić information content (AvgIpc) is 3.06. The molecular weight excluding hydrogens is 503 g/mol. The SMILES string of the molecule is Cc1nn(C)c2ncc(C(=O)NC(=O)Nc3cccc(OC(F)(F)F)c3)c(N3CCN(C)CC3)c12.Cl. The normalized spacial score (nSPS) is 14.3. The standard InChI is InChI=1S/C22H24F3N7O3.ClH/c1-13-17-18(32-9-7-30(2)8-10-32)16(12-26-19(17)31(3)29-13)20(33)28-21(34)27-14-5-4-6-15(11-14)35-22(23,24)25;/h4-6,11-12H,7-10H2,1-3H3,(H2,27,28,33,34);1H. The number of nitrogens with zero attached hydrogens (tertiary/aromatic N) is 5. The Hall–Kier alpha value is -3.58. The van der Waals surface area contributed by atoms with Crippen molar-refractivity contribution in [3.8, 4) is 5.75 Å². The molecule has 10 nitrogen and oxygen atoms in total. The summed E-state index contributed by atoms with van der Waals surface area (Å²) in [5.74, 6) is -1.20. The van der Waals surface area contributed by atoms with E-state index in [-0.39, 0.29) is 23.7 Å². The third-order valence-electron chi connectivity index (χ3n) is 5.62. The molecule has 1 aliphatic heterocycles. The number of halogens is 4. The molecule has 3 amide bonds. The number of aromatic nitrogens is 3. The zero-order valence-corrected chi connectivity index (χ0v) is 20.5. The minimum Gasteiger partial charge on any atom is -0.406 e. The maximum absolute atomic E-state index is 13.1. The van der Waals surface area contributed by atoms with Gasteiger partial charge in [-0.3, -0.25) is 14.8 Å². The van der Waals surface area contributed by atoms with Gasteiger partial charge in [0.25, 0.3) is 5.91 Å². The fourth-order valence-electron chi connectivity index (χ4n) is 4.02. The lowest BCUT2D eigenvalue weighted by Gasteiger charge is -2.35. The first-order valence-electron chi connectivity index (χ1n) is 10.8. The van der Waals surface area contributed by atoms with Gasteiger partial charge in [0.05, 0.1) is 22.3 Å². The molecule has 0 bridgehead atoms. The molecule has 14 heteroatoms. The Balaban J connectivity index is 0.00000361. The molecule has 36 heavy (non-hydrogen) atoms. The van der Waals surface area contributed by atoms with Crippen LogP contribution in [0.1, 0.15) is 16.1 Å². The van der Waals surface area contributed by atoms with Crippen molar-refractivity contribution in [1.29, 1.82) is 0 Å². The molecule has 1 saturated heterocycles. The molecule has 3 heterocycles. The van der Waals surface area contributed by atoms with Gasteiger partial charge >= 0.3 is 12.4 Å². The maximum Gasteiger partial charge on any atom is 0.573 e. The predicted molar refractivity (Wildman–Crippen MR) is 130 cm³/mol. The monoisotopic (exact) mass is 527 g/mol. The van der Waals surface area contributed by atoms with Crippen molar-refractivity contribution in [2.45, 2.75) is 13.3 Å². The van der Waals surface area contributed by atoms with Crippen molar-refractivity contribution in [2.75, 3.05) is 43.4 Å². The minimum absolute atomic E-state index is 0. The zero-order valence-electron chi connectivity index (χ0n) is 19.7. The number of benzene rings is 1. The van der Waals surface area contributed by atoms with Crippen LogP contribution in [0.25, 0.3) is 11.0 Å². The van der Waals surface area contributed by atoms with E-state index in [0.717, 1.165) is 30.6 Å². The van der Waals surface area contributed by atoms with Gasteiger partial charge in [-0.05, 0) is 26.1 Å². The number of nitrogens with one attached hydrogen (secondary N) is 2. The summed E-state index contributed by atoms with van der Waals surface area (Å²) >= 11 is 0. The fraction of sp³-hybridized carbons (Fsp3) is 0.364. The molecule has 0 aliphatic carbocycles. The van der Waals surface area contributed by atoms with Gasteiger partial charge in [0.1, 0.15) is 5.75 Å². The number of likely N-dealkylation sites (N-methyl/N-ethyl adjacent to an activating group) is 1. The number of amides is 3. The van der Waals surface area contributed by atoms with Crippen LogP contribution in [0.15, 0.2) is 30.5 Å². The van der Waals surface area contributed by atoms with Gasteiger partial charge in [0.2, 0.25) is 0 Å². The van der Waals surface area contributed by atoms with Crippen LogP contribution in [0.4, 0.5) is 29.3 Å². The molecule has 0 unspecified atom stereocenters. The fourth-order valence-corrected chi connectivity index (χ4v) is 4.02. The van der Waals surface area contributed by atoms with E-state index < -0.39 is 24.1 Å². The van der Waals surface area contributed by atoms with E-state index in [9.17, 15) is 22.8 Å². The van der Waals surface area contributed by atoms with E-state index in [1.54, 1.807) is 11.7 Å². The number of rotatable bonds is 4. The largest absolute Gasteiger partial charge is 0.573 e. The summed E-state index contributed by atoms with van der Waals surface area (Å²) in [6.45, 7) is 4.75. The number of alkyl halides is 3. The van der Waals surface area contributed by atoms with Gasteiger partial charge in [0.15, 0.2) is 5.65 Å². The summed E-state index contributed by atoms with van der Waals surface area (Å²) in [6.07, 6.45) is -3.47. The Morgan fingerprint density at radius 2 is 1.81 bits per heavy atom. The number of carbonyl (C=O) groups excluding carboxylic acids is 2. The molecule has 1 aromatic carbocycles. The maximum atomic E-state index is 13.1. The molecule has 4 rings (SSSR count). The molecule has 0 atom stereocenters. The lowest BCUT2D eigenvalue weighted by Crippen LogP contribution is -2.45. The number of fused-ring (bicyclic) bond motifs is 1. The number of hydrogen-bond acceptors (Lipinski definition) is 7. The Bertz CT molecular complexity index is 1270. The molecule has 2 N–H and O–H groups in total. The van der Waals surface area contributed by atoms with Crippen molar-refractivity contribution in [3.63, 3.8) is 0 Å². The highest BCUT2D eigenvalue weighted by atomic mass is 35.5. The van der Waals surface area contributed by atoms with Crippen LogP contribution < -0.4 is 20.3 Å². The van der Waals surface area contributed by atoms with E-state index >= 15 is 0 Å². The average molecular weight is 528 g/mol. The van der Waals surface area contributed by atoms with Gasteiger partial charge < -0.3 is 19.9 Å². The van der Waals surface area contributed by atoms with Crippen molar-refractivity contribution in [2.24, 2.45) is 7.05 Å². The van der Waals surface area contributed by atoms with E-state index in [1.807, 2.05) is 14.0 Å². The second kappa shape index (κ2) is 10.6. The first kappa shape index (κ1) is 27.0. The lowest BCUT2D eigenvalue weighted by molar-refractivity contribution is -0.274. The Labute approximate surface area is 210 Å². The molecular formula is C22H25ClF3N7O3.